The van der Waals surface area contributed by atoms with Crippen molar-refractivity contribution >= 4 is 5.69 Å². The van der Waals surface area contributed by atoms with Crippen molar-refractivity contribution in [1.29, 1.82) is 0 Å². The van der Waals surface area contributed by atoms with Gasteiger partial charge in [0.1, 0.15) is 5.69 Å². The van der Waals surface area contributed by atoms with Crippen LogP contribution in [0.4, 0.5) is 14.5 Å². The standard InChI is InChI=1S/C10H9F2N5O2/c1-5(13)8-4-16(15-14-8)9-3-10(17(18)19)7(12)2-6(9)11/h2-5H,13H2,1H3. The third kappa shape index (κ3) is 2.40. The summed E-state index contributed by atoms with van der Waals surface area (Å²) in [6, 6.07) is 0.762. The first-order chi connectivity index (χ1) is 8.90. The molecule has 2 rings (SSSR count). The maximum Gasteiger partial charge on any atom is 0.307 e. The topological polar surface area (TPSA) is 99.9 Å². The molecule has 2 N–H and O–H groups in total. The molecule has 19 heavy (non-hydrogen) atoms. The monoisotopic (exact) mass is 269 g/mol. The molecule has 1 heterocycles. The predicted octanol–water partition coefficient (Wildman–Crippen LogP) is 1.47. The Bertz CT molecular complexity index is 641. The number of hydrogen-bond donors (Lipinski definition) is 1. The van der Waals surface area contributed by atoms with E-state index in [4.69, 9.17) is 5.73 Å². The molecule has 2 aromatic rings. The van der Waals surface area contributed by atoms with E-state index in [9.17, 15) is 18.9 Å². The van der Waals surface area contributed by atoms with Gasteiger partial charge in [0, 0.05) is 18.2 Å². The molecule has 0 saturated carbocycles. The summed E-state index contributed by atoms with van der Waals surface area (Å²) < 4.78 is 27.8. The molecule has 7 nitrogen and oxygen atoms in total. The van der Waals surface area contributed by atoms with Crippen LogP contribution >= 0.6 is 0 Å². The van der Waals surface area contributed by atoms with Crippen molar-refractivity contribution in [2.45, 2.75) is 13.0 Å². The highest BCUT2D eigenvalue weighted by molar-refractivity contribution is 5.45. The van der Waals surface area contributed by atoms with Crippen LogP contribution in [-0.4, -0.2) is 19.9 Å². The molecule has 1 aromatic heterocycles. The molecule has 0 bridgehead atoms. The molecule has 0 aliphatic carbocycles. The Labute approximate surface area is 105 Å². The zero-order valence-electron chi connectivity index (χ0n) is 9.75. The lowest BCUT2D eigenvalue weighted by molar-refractivity contribution is -0.387. The Morgan fingerprint density at radius 2 is 2.11 bits per heavy atom. The molecule has 0 amide bonds. The average Bonchev–Trinajstić information content (AvgIpc) is 2.77. The van der Waals surface area contributed by atoms with E-state index in [1.807, 2.05) is 0 Å². The second kappa shape index (κ2) is 4.69. The summed E-state index contributed by atoms with van der Waals surface area (Å²) in [5.41, 5.74) is 4.84. The highest BCUT2D eigenvalue weighted by Gasteiger charge is 2.20. The summed E-state index contributed by atoms with van der Waals surface area (Å²) in [6.45, 7) is 1.65. The van der Waals surface area contributed by atoms with Gasteiger partial charge < -0.3 is 5.73 Å². The number of nitro groups is 1. The molecule has 1 unspecified atom stereocenters. The van der Waals surface area contributed by atoms with Gasteiger partial charge in [0.25, 0.3) is 0 Å². The van der Waals surface area contributed by atoms with E-state index in [1.54, 1.807) is 6.92 Å². The summed E-state index contributed by atoms with van der Waals surface area (Å²) in [5.74, 6) is -2.23. The molecular formula is C10H9F2N5O2. The number of halogens is 2. The Balaban J connectivity index is 2.54. The second-order valence-corrected chi connectivity index (χ2v) is 3.89. The van der Waals surface area contributed by atoms with E-state index in [2.05, 4.69) is 10.3 Å². The quantitative estimate of drug-likeness (QED) is 0.671. The first-order valence-electron chi connectivity index (χ1n) is 5.21. The van der Waals surface area contributed by atoms with Crippen LogP contribution in [0.15, 0.2) is 18.3 Å². The summed E-state index contributed by atoms with van der Waals surface area (Å²) in [7, 11) is 0. The summed E-state index contributed by atoms with van der Waals surface area (Å²) in [5, 5.41) is 17.9. The summed E-state index contributed by atoms with van der Waals surface area (Å²) in [6.07, 6.45) is 1.32. The van der Waals surface area contributed by atoms with Crippen LogP contribution in [0.5, 0.6) is 0 Å². The van der Waals surface area contributed by atoms with Crippen molar-refractivity contribution in [3.8, 4) is 5.69 Å². The molecule has 0 aliphatic rings. The van der Waals surface area contributed by atoms with Crippen LogP contribution in [0.2, 0.25) is 0 Å². The Morgan fingerprint density at radius 3 is 2.63 bits per heavy atom. The second-order valence-electron chi connectivity index (χ2n) is 3.89. The van der Waals surface area contributed by atoms with Crippen molar-refractivity contribution in [2.75, 3.05) is 0 Å². The number of benzene rings is 1. The number of rotatable bonds is 3. The average molecular weight is 269 g/mol. The van der Waals surface area contributed by atoms with Crippen LogP contribution in [0, 0.1) is 21.7 Å². The maximum atomic E-state index is 13.6. The van der Waals surface area contributed by atoms with Gasteiger partial charge in [0.05, 0.1) is 16.8 Å². The molecule has 0 fully saturated rings. The predicted molar refractivity (Wildman–Crippen MR) is 60.5 cm³/mol. The van der Waals surface area contributed by atoms with Gasteiger partial charge in [-0.3, -0.25) is 10.1 Å². The molecule has 0 saturated heterocycles. The lowest BCUT2D eigenvalue weighted by Crippen LogP contribution is -2.05. The van der Waals surface area contributed by atoms with Gasteiger partial charge in [-0.25, -0.2) is 9.07 Å². The van der Waals surface area contributed by atoms with E-state index in [0.717, 1.165) is 10.7 Å². The number of nitro benzene ring substituents is 1. The molecule has 0 spiro atoms. The lowest BCUT2D eigenvalue weighted by atomic mass is 10.2. The first kappa shape index (κ1) is 13.0. The van der Waals surface area contributed by atoms with Gasteiger partial charge in [-0.2, -0.15) is 4.39 Å². The highest BCUT2D eigenvalue weighted by atomic mass is 19.1. The number of aromatic nitrogens is 3. The molecule has 1 aromatic carbocycles. The Hall–Kier alpha value is -2.42. The van der Waals surface area contributed by atoms with Crippen molar-refractivity contribution in [3.05, 3.63) is 45.8 Å². The van der Waals surface area contributed by atoms with Gasteiger partial charge >= 0.3 is 5.69 Å². The van der Waals surface area contributed by atoms with Gasteiger partial charge in [0.2, 0.25) is 5.82 Å². The zero-order valence-corrected chi connectivity index (χ0v) is 9.75. The first-order valence-corrected chi connectivity index (χ1v) is 5.21. The number of nitrogens with zero attached hydrogens (tertiary/aromatic N) is 4. The normalized spacial score (nSPS) is 12.4. The lowest BCUT2D eigenvalue weighted by Gasteiger charge is -2.03. The number of hydrogen-bond acceptors (Lipinski definition) is 5. The van der Waals surface area contributed by atoms with E-state index in [0.29, 0.717) is 11.8 Å². The third-order valence-electron chi connectivity index (χ3n) is 2.44. The molecule has 0 radical (unpaired) electrons. The SMILES string of the molecule is CC(N)c1cn(-c2cc([N+](=O)[O-])c(F)cc2F)nn1. The van der Waals surface area contributed by atoms with Gasteiger partial charge in [0.15, 0.2) is 5.82 Å². The van der Waals surface area contributed by atoms with E-state index in [-0.39, 0.29) is 5.69 Å². The maximum absolute atomic E-state index is 13.6. The van der Waals surface area contributed by atoms with Crippen LogP contribution in [0.1, 0.15) is 18.7 Å². The Morgan fingerprint density at radius 1 is 1.42 bits per heavy atom. The minimum absolute atomic E-state index is 0.271. The fraction of sp³-hybridized carbons (Fsp3) is 0.200. The fourth-order valence-electron chi connectivity index (χ4n) is 1.45. The van der Waals surface area contributed by atoms with Crippen molar-refractivity contribution in [2.24, 2.45) is 5.73 Å². The molecule has 100 valence electrons. The fourth-order valence-corrected chi connectivity index (χ4v) is 1.45. The smallest absolute Gasteiger partial charge is 0.307 e. The van der Waals surface area contributed by atoms with E-state index in [1.165, 1.54) is 6.20 Å². The van der Waals surface area contributed by atoms with Gasteiger partial charge in [-0.1, -0.05) is 5.21 Å². The van der Waals surface area contributed by atoms with Gasteiger partial charge in [-0.05, 0) is 6.92 Å². The van der Waals surface area contributed by atoms with Crippen LogP contribution in [0.25, 0.3) is 5.69 Å². The van der Waals surface area contributed by atoms with Crippen LogP contribution < -0.4 is 5.73 Å². The minimum Gasteiger partial charge on any atom is -0.323 e. The van der Waals surface area contributed by atoms with E-state index >= 15 is 0 Å². The summed E-state index contributed by atoms with van der Waals surface area (Å²) >= 11 is 0. The molecule has 0 aliphatic heterocycles. The third-order valence-corrected chi connectivity index (χ3v) is 2.44. The molecule has 1 atom stereocenters. The zero-order chi connectivity index (χ0) is 14.2. The number of nitrogens with two attached hydrogens (primary N) is 1. The van der Waals surface area contributed by atoms with Crippen molar-refractivity contribution in [1.82, 2.24) is 15.0 Å². The van der Waals surface area contributed by atoms with E-state index < -0.39 is 28.3 Å². The largest absolute Gasteiger partial charge is 0.323 e. The highest BCUT2D eigenvalue weighted by Crippen LogP contribution is 2.24. The van der Waals surface area contributed by atoms with Crippen LogP contribution in [-0.2, 0) is 0 Å². The van der Waals surface area contributed by atoms with Crippen LogP contribution in [0.3, 0.4) is 0 Å². The molecule has 9 heteroatoms. The van der Waals surface area contributed by atoms with Gasteiger partial charge in [-0.15, -0.1) is 5.10 Å². The van der Waals surface area contributed by atoms with Crippen molar-refractivity contribution in [3.63, 3.8) is 0 Å². The molecular weight excluding hydrogens is 260 g/mol. The Kier molecular flexibility index (Phi) is 3.21. The summed E-state index contributed by atoms with van der Waals surface area (Å²) in [4.78, 5) is 9.67. The van der Waals surface area contributed by atoms with Crippen molar-refractivity contribution < 1.29 is 13.7 Å². The minimum atomic E-state index is -1.25.